The van der Waals surface area contributed by atoms with Crippen LogP contribution in [0.25, 0.3) is 0 Å². The van der Waals surface area contributed by atoms with Crippen molar-refractivity contribution in [2.75, 3.05) is 13.7 Å². The smallest absolute Gasteiger partial charge is 0.308 e. The van der Waals surface area contributed by atoms with Gasteiger partial charge in [0.2, 0.25) is 0 Å². The first-order valence-corrected chi connectivity index (χ1v) is 4.41. The van der Waals surface area contributed by atoms with Crippen LogP contribution in [0.5, 0.6) is 0 Å². The predicted octanol–water partition coefficient (Wildman–Crippen LogP) is 1.35. The van der Waals surface area contributed by atoms with Crippen LogP contribution in [0.1, 0.15) is 32.6 Å². The van der Waals surface area contributed by atoms with Gasteiger partial charge < -0.3 is 9.84 Å². The highest BCUT2D eigenvalue weighted by molar-refractivity contribution is 5.71. The van der Waals surface area contributed by atoms with Gasteiger partial charge in [0, 0.05) is 6.61 Å². The molecule has 3 nitrogen and oxygen atoms in total. The summed E-state index contributed by atoms with van der Waals surface area (Å²) in [5.41, 5.74) is 0. The molecule has 0 saturated carbocycles. The van der Waals surface area contributed by atoms with E-state index in [-0.39, 0.29) is 18.5 Å². The van der Waals surface area contributed by atoms with Crippen molar-refractivity contribution in [1.82, 2.24) is 0 Å². The second kappa shape index (κ2) is 7.10. The summed E-state index contributed by atoms with van der Waals surface area (Å²) in [6.45, 7) is 2.11. The molecule has 0 rings (SSSR count). The van der Waals surface area contributed by atoms with Crippen molar-refractivity contribution in [2.45, 2.75) is 32.6 Å². The lowest BCUT2D eigenvalue weighted by Crippen LogP contribution is -2.12. The van der Waals surface area contributed by atoms with Crippen molar-refractivity contribution < 1.29 is 14.6 Å². The third-order valence-corrected chi connectivity index (χ3v) is 1.90. The van der Waals surface area contributed by atoms with Gasteiger partial charge in [0.25, 0.3) is 0 Å². The van der Waals surface area contributed by atoms with E-state index in [1.807, 2.05) is 6.92 Å². The topological polar surface area (TPSA) is 46.5 Å². The molecular formula is C9H18O3. The Morgan fingerprint density at radius 2 is 2.08 bits per heavy atom. The minimum Gasteiger partial charge on any atom is -0.469 e. The Morgan fingerprint density at radius 1 is 1.42 bits per heavy atom. The molecule has 0 bridgehead atoms. The molecule has 0 aromatic carbocycles. The second-order valence-electron chi connectivity index (χ2n) is 3.00. The third kappa shape index (κ3) is 5.13. The molecule has 0 aliphatic carbocycles. The van der Waals surface area contributed by atoms with Gasteiger partial charge in [0.05, 0.1) is 13.0 Å². The van der Waals surface area contributed by atoms with Crippen LogP contribution in [0.15, 0.2) is 0 Å². The quantitative estimate of drug-likeness (QED) is 0.488. The van der Waals surface area contributed by atoms with E-state index in [0.717, 1.165) is 25.7 Å². The molecule has 0 spiro atoms. The Bertz CT molecular complexity index is 123. The maximum Gasteiger partial charge on any atom is 0.308 e. The second-order valence-corrected chi connectivity index (χ2v) is 3.00. The molecule has 1 unspecified atom stereocenters. The molecule has 72 valence electrons. The first-order valence-electron chi connectivity index (χ1n) is 4.41. The Kier molecular flexibility index (Phi) is 6.76. The molecule has 0 heterocycles. The molecule has 0 fully saturated rings. The summed E-state index contributed by atoms with van der Waals surface area (Å²) in [6.07, 6.45) is 3.65. The van der Waals surface area contributed by atoms with Gasteiger partial charge in [-0.3, -0.25) is 4.79 Å². The van der Waals surface area contributed by atoms with E-state index in [0.29, 0.717) is 0 Å². The Morgan fingerprint density at radius 3 is 2.58 bits per heavy atom. The maximum absolute atomic E-state index is 10.9. The zero-order chi connectivity index (χ0) is 9.40. The van der Waals surface area contributed by atoms with E-state index < -0.39 is 0 Å². The average molecular weight is 174 g/mol. The van der Waals surface area contributed by atoms with E-state index in [4.69, 9.17) is 5.11 Å². The lowest BCUT2D eigenvalue weighted by Gasteiger charge is -2.07. The largest absolute Gasteiger partial charge is 0.469 e. The number of hydrogen-bond donors (Lipinski definition) is 1. The monoisotopic (exact) mass is 174 g/mol. The molecule has 0 aromatic heterocycles. The number of esters is 1. The van der Waals surface area contributed by atoms with Crippen LogP contribution in [-0.2, 0) is 9.53 Å². The molecule has 3 heteroatoms. The Balaban J connectivity index is 3.31. The van der Waals surface area contributed by atoms with Crippen LogP contribution in [0.3, 0.4) is 0 Å². The van der Waals surface area contributed by atoms with Crippen LogP contribution in [0.2, 0.25) is 0 Å². The highest BCUT2D eigenvalue weighted by atomic mass is 16.5. The number of carbonyl (C=O) groups is 1. The van der Waals surface area contributed by atoms with Crippen molar-refractivity contribution in [3.05, 3.63) is 0 Å². The number of unbranched alkanes of at least 4 members (excludes halogenated alkanes) is 2. The number of carbonyl (C=O) groups excluding carboxylic acids is 1. The van der Waals surface area contributed by atoms with E-state index in [9.17, 15) is 4.79 Å². The fourth-order valence-electron chi connectivity index (χ4n) is 1.06. The minimum atomic E-state index is -0.140. The van der Waals surface area contributed by atoms with Crippen molar-refractivity contribution in [3.8, 4) is 0 Å². The van der Waals surface area contributed by atoms with Crippen molar-refractivity contribution in [3.63, 3.8) is 0 Å². The lowest BCUT2D eigenvalue weighted by atomic mass is 10.0. The summed E-state index contributed by atoms with van der Waals surface area (Å²) < 4.78 is 4.58. The molecule has 1 atom stereocenters. The van der Waals surface area contributed by atoms with Crippen LogP contribution in [0.4, 0.5) is 0 Å². The molecule has 0 aliphatic rings. The summed E-state index contributed by atoms with van der Waals surface area (Å²) in [5, 5.41) is 8.50. The van der Waals surface area contributed by atoms with Crippen LogP contribution in [-0.4, -0.2) is 24.8 Å². The zero-order valence-electron chi connectivity index (χ0n) is 7.88. The van der Waals surface area contributed by atoms with E-state index in [1.165, 1.54) is 7.11 Å². The Hall–Kier alpha value is -0.570. The van der Waals surface area contributed by atoms with Crippen LogP contribution >= 0.6 is 0 Å². The number of rotatable bonds is 6. The number of aliphatic hydroxyl groups is 1. The number of aliphatic hydroxyl groups excluding tert-OH is 1. The molecule has 0 saturated heterocycles. The summed E-state index contributed by atoms with van der Waals surface area (Å²) in [7, 11) is 1.41. The minimum absolute atomic E-state index is 0.00584. The fourth-order valence-corrected chi connectivity index (χ4v) is 1.06. The molecule has 0 radical (unpaired) electrons. The molecule has 12 heavy (non-hydrogen) atoms. The molecule has 1 N–H and O–H groups in total. The van der Waals surface area contributed by atoms with Gasteiger partial charge in [-0.25, -0.2) is 0 Å². The van der Waals surface area contributed by atoms with Gasteiger partial charge in [0.1, 0.15) is 0 Å². The van der Waals surface area contributed by atoms with E-state index in [2.05, 4.69) is 4.74 Å². The normalized spacial score (nSPS) is 12.6. The van der Waals surface area contributed by atoms with Crippen LogP contribution < -0.4 is 0 Å². The molecule has 0 amide bonds. The highest BCUT2D eigenvalue weighted by Gasteiger charge is 2.11. The highest BCUT2D eigenvalue weighted by Crippen LogP contribution is 2.10. The SMILES string of the molecule is COC(=O)C(C)CCCCCO. The molecular weight excluding hydrogens is 156 g/mol. The zero-order valence-corrected chi connectivity index (χ0v) is 7.88. The van der Waals surface area contributed by atoms with Crippen molar-refractivity contribution in [2.24, 2.45) is 5.92 Å². The van der Waals surface area contributed by atoms with Gasteiger partial charge in [-0.05, 0) is 12.8 Å². The summed E-state index contributed by atoms with van der Waals surface area (Å²) in [6, 6.07) is 0. The number of methoxy groups -OCH3 is 1. The van der Waals surface area contributed by atoms with Crippen LogP contribution in [0, 0.1) is 5.92 Å². The number of ether oxygens (including phenoxy) is 1. The van der Waals surface area contributed by atoms with Gasteiger partial charge in [0.15, 0.2) is 0 Å². The summed E-state index contributed by atoms with van der Waals surface area (Å²) in [5.74, 6) is -0.146. The maximum atomic E-state index is 10.9. The van der Waals surface area contributed by atoms with Crippen molar-refractivity contribution >= 4 is 5.97 Å². The summed E-state index contributed by atoms with van der Waals surface area (Å²) >= 11 is 0. The lowest BCUT2D eigenvalue weighted by molar-refractivity contribution is -0.145. The van der Waals surface area contributed by atoms with E-state index >= 15 is 0 Å². The molecule has 0 aliphatic heterocycles. The predicted molar refractivity (Wildman–Crippen MR) is 46.7 cm³/mol. The third-order valence-electron chi connectivity index (χ3n) is 1.90. The summed E-state index contributed by atoms with van der Waals surface area (Å²) in [4.78, 5) is 10.9. The Labute approximate surface area is 73.7 Å². The van der Waals surface area contributed by atoms with Gasteiger partial charge in [-0.2, -0.15) is 0 Å². The first-order chi connectivity index (χ1) is 5.72. The van der Waals surface area contributed by atoms with Gasteiger partial charge in [-0.15, -0.1) is 0 Å². The first kappa shape index (κ1) is 11.4. The van der Waals surface area contributed by atoms with E-state index in [1.54, 1.807) is 0 Å². The standard InChI is InChI=1S/C9H18O3/c1-8(9(11)12-2)6-4-3-5-7-10/h8,10H,3-7H2,1-2H3. The van der Waals surface area contributed by atoms with Gasteiger partial charge in [-0.1, -0.05) is 19.8 Å². The fraction of sp³-hybridized carbons (Fsp3) is 0.889. The number of hydrogen-bond acceptors (Lipinski definition) is 3. The molecule has 0 aromatic rings. The van der Waals surface area contributed by atoms with Gasteiger partial charge >= 0.3 is 5.97 Å². The van der Waals surface area contributed by atoms with Crippen molar-refractivity contribution in [1.29, 1.82) is 0 Å². The average Bonchev–Trinajstić information content (AvgIpc) is 2.10.